The van der Waals surface area contributed by atoms with Gasteiger partial charge < -0.3 is 15.7 Å². The smallest absolute Gasteiger partial charge is 0.107 e. The zero-order chi connectivity index (χ0) is 15.2. The molecule has 0 saturated carbocycles. The maximum absolute atomic E-state index is 9.09. The second-order valence-electron chi connectivity index (χ2n) is 5.12. The molecule has 0 aliphatic carbocycles. The molecule has 0 radical (unpaired) electrons. The average Bonchev–Trinajstić information content (AvgIpc) is 2.72. The minimum absolute atomic E-state index is 0.222. The quantitative estimate of drug-likeness (QED) is 0.633. The van der Waals surface area contributed by atoms with E-state index < -0.39 is 0 Å². The van der Waals surface area contributed by atoms with Crippen molar-refractivity contribution in [3.8, 4) is 0 Å². The van der Waals surface area contributed by atoms with E-state index in [4.69, 9.17) is 23.1 Å². The van der Waals surface area contributed by atoms with Crippen molar-refractivity contribution in [1.82, 2.24) is 4.90 Å². The molecule has 6 heteroatoms. The summed E-state index contributed by atoms with van der Waals surface area (Å²) in [6, 6.07) is 6.24. The molecule has 0 bridgehead atoms. The second kappa shape index (κ2) is 7.98. The maximum Gasteiger partial charge on any atom is 0.107 e. The van der Waals surface area contributed by atoms with E-state index in [0.717, 1.165) is 55.3 Å². The standard InChI is InChI=1S/C15H23N3OS2/c1-21-13-5-2-4-12(14(13)15(16)20)18-7-3-6-17(8-9-18)10-11-19/h2,4-5,19H,3,6-11H2,1H3,(H2,16,20). The Labute approximate surface area is 136 Å². The Kier molecular flexibility index (Phi) is 6.29. The summed E-state index contributed by atoms with van der Waals surface area (Å²) in [5.74, 6) is 0. The lowest BCUT2D eigenvalue weighted by Gasteiger charge is -2.26. The normalized spacial score (nSPS) is 16.8. The van der Waals surface area contributed by atoms with Gasteiger partial charge in [-0.3, -0.25) is 4.90 Å². The topological polar surface area (TPSA) is 52.7 Å². The third-order valence-electron chi connectivity index (χ3n) is 3.82. The molecule has 1 aromatic carbocycles. The van der Waals surface area contributed by atoms with Crippen LogP contribution in [0.1, 0.15) is 12.0 Å². The summed E-state index contributed by atoms with van der Waals surface area (Å²) in [6.45, 7) is 4.90. The summed E-state index contributed by atoms with van der Waals surface area (Å²) in [6.07, 6.45) is 3.13. The van der Waals surface area contributed by atoms with Crippen LogP contribution < -0.4 is 10.6 Å². The highest BCUT2D eigenvalue weighted by Crippen LogP contribution is 2.30. The van der Waals surface area contributed by atoms with Crippen LogP contribution in [0.2, 0.25) is 0 Å². The van der Waals surface area contributed by atoms with Crippen molar-refractivity contribution in [2.75, 3.05) is 50.5 Å². The van der Waals surface area contributed by atoms with Crippen LogP contribution in [0.3, 0.4) is 0 Å². The Morgan fingerprint density at radius 3 is 2.81 bits per heavy atom. The average molecular weight is 326 g/mol. The number of anilines is 1. The van der Waals surface area contributed by atoms with Crippen molar-refractivity contribution < 1.29 is 5.11 Å². The van der Waals surface area contributed by atoms with E-state index in [2.05, 4.69) is 28.0 Å². The van der Waals surface area contributed by atoms with Gasteiger partial charge in [0.2, 0.25) is 0 Å². The van der Waals surface area contributed by atoms with Crippen LogP contribution in [-0.4, -0.2) is 60.6 Å². The number of hydrogen-bond acceptors (Lipinski definition) is 5. The molecule has 0 aromatic heterocycles. The highest BCUT2D eigenvalue weighted by atomic mass is 32.2. The van der Waals surface area contributed by atoms with Crippen LogP contribution in [0.15, 0.2) is 23.1 Å². The predicted octanol–water partition coefficient (Wildman–Crippen LogP) is 1.55. The van der Waals surface area contributed by atoms with E-state index in [0.29, 0.717) is 4.99 Å². The molecular formula is C15H23N3OS2. The molecule has 116 valence electrons. The van der Waals surface area contributed by atoms with E-state index in [9.17, 15) is 0 Å². The van der Waals surface area contributed by atoms with Gasteiger partial charge in [0.15, 0.2) is 0 Å². The molecule has 1 aliphatic heterocycles. The molecule has 0 unspecified atom stereocenters. The predicted molar refractivity (Wildman–Crippen MR) is 94.5 cm³/mol. The van der Waals surface area contributed by atoms with Gasteiger partial charge in [0, 0.05) is 42.3 Å². The highest BCUT2D eigenvalue weighted by Gasteiger charge is 2.19. The van der Waals surface area contributed by atoms with Gasteiger partial charge in [0.05, 0.1) is 6.61 Å². The van der Waals surface area contributed by atoms with Gasteiger partial charge in [-0.05, 0) is 31.4 Å². The number of thioether (sulfide) groups is 1. The van der Waals surface area contributed by atoms with Gasteiger partial charge in [-0.1, -0.05) is 18.3 Å². The number of nitrogens with two attached hydrogens (primary N) is 1. The Balaban J connectivity index is 2.23. The first kappa shape index (κ1) is 16.5. The van der Waals surface area contributed by atoms with Gasteiger partial charge in [-0.2, -0.15) is 0 Å². The summed E-state index contributed by atoms with van der Waals surface area (Å²) in [4.78, 5) is 6.27. The molecular weight excluding hydrogens is 302 g/mol. The van der Waals surface area contributed by atoms with Crippen LogP contribution in [0.4, 0.5) is 5.69 Å². The monoisotopic (exact) mass is 325 g/mol. The fourth-order valence-electron chi connectivity index (χ4n) is 2.78. The van der Waals surface area contributed by atoms with E-state index in [-0.39, 0.29) is 6.61 Å². The second-order valence-corrected chi connectivity index (χ2v) is 6.41. The molecule has 0 amide bonds. The van der Waals surface area contributed by atoms with Crippen molar-refractivity contribution >= 4 is 34.7 Å². The molecule has 2 rings (SSSR count). The molecule has 1 aliphatic rings. The van der Waals surface area contributed by atoms with Crippen molar-refractivity contribution in [2.45, 2.75) is 11.3 Å². The first-order valence-corrected chi connectivity index (χ1v) is 8.85. The van der Waals surface area contributed by atoms with Crippen molar-refractivity contribution in [3.05, 3.63) is 23.8 Å². The zero-order valence-corrected chi connectivity index (χ0v) is 14.1. The van der Waals surface area contributed by atoms with Gasteiger partial charge in [0.1, 0.15) is 4.99 Å². The molecule has 1 saturated heterocycles. The Bertz CT molecular complexity index is 496. The van der Waals surface area contributed by atoms with Crippen LogP contribution >= 0.6 is 24.0 Å². The van der Waals surface area contributed by atoms with Crippen molar-refractivity contribution in [3.63, 3.8) is 0 Å². The summed E-state index contributed by atoms with van der Waals surface area (Å²) < 4.78 is 0. The van der Waals surface area contributed by atoms with Gasteiger partial charge in [-0.15, -0.1) is 11.8 Å². The minimum atomic E-state index is 0.222. The molecule has 4 nitrogen and oxygen atoms in total. The van der Waals surface area contributed by atoms with E-state index in [1.807, 2.05) is 6.26 Å². The number of benzene rings is 1. The first-order chi connectivity index (χ1) is 10.2. The summed E-state index contributed by atoms with van der Waals surface area (Å²) in [5, 5.41) is 9.09. The van der Waals surface area contributed by atoms with Gasteiger partial charge in [-0.25, -0.2) is 0 Å². The van der Waals surface area contributed by atoms with Crippen LogP contribution in [-0.2, 0) is 0 Å². The molecule has 3 N–H and O–H groups in total. The number of thiocarbonyl (C=S) groups is 1. The molecule has 0 spiro atoms. The Morgan fingerprint density at radius 2 is 2.14 bits per heavy atom. The zero-order valence-electron chi connectivity index (χ0n) is 12.4. The van der Waals surface area contributed by atoms with E-state index in [1.165, 1.54) is 0 Å². The van der Waals surface area contributed by atoms with E-state index >= 15 is 0 Å². The number of aliphatic hydroxyl groups excluding tert-OH is 1. The van der Waals surface area contributed by atoms with Gasteiger partial charge in [0.25, 0.3) is 0 Å². The van der Waals surface area contributed by atoms with E-state index in [1.54, 1.807) is 11.8 Å². The van der Waals surface area contributed by atoms with Crippen LogP contribution in [0.5, 0.6) is 0 Å². The lowest BCUT2D eigenvalue weighted by molar-refractivity contribution is 0.204. The summed E-state index contributed by atoms with van der Waals surface area (Å²) in [5.41, 5.74) is 8.09. The Morgan fingerprint density at radius 1 is 1.33 bits per heavy atom. The summed E-state index contributed by atoms with van der Waals surface area (Å²) >= 11 is 6.94. The third-order valence-corrected chi connectivity index (χ3v) is 4.80. The van der Waals surface area contributed by atoms with Crippen molar-refractivity contribution in [2.24, 2.45) is 5.73 Å². The first-order valence-electron chi connectivity index (χ1n) is 7.22. The number of aliphatic hydroxyl groups is 1. The fraction of sp³-hybridized carbons (Fsp3) is 0.533. The number of β-amino-alcohol motifs (C(OH)–C–C–N with tert-alkyl or cyclic N) is 1. The molecule has 1 fully saturated rings. The summed E-state index contributed by atoms with van der Waals surface area (Å²) in [7, 11) is 0. The number of rotatable bonds is 5. The SMILES string of the molecule is CSc1cccc(N2CCCN(CCO)CC2)c1C(N)=S. The lowest BCUT2D eigenvalue weighted by atomic mass is 10.1. The fourth-order valence-corrected chi connectivity index (χ4v) is 3.69. The molecule has 0 atom stereocenters. The third kappa shape index (κ3) is 4.10. The molecule has 1 heterocycles. The highest BCUT2D eigenvalue weighted by molar-refractivity contribution is 7.98. The molecule has 1 aromatic rings. The van der Waals surface area contributed by atoms with Gasteiger partial charge >= 0.3 is 0 Å². The van der Waals surface area contributed by atoms with Crippen LogP contribution in [0.25, 0.3) is 0 Å². The minimum Gasteiger partial charge on any atom is -0.395 e. The van der Waals surface area contributed by atoms with Crippen LogP contribution in [0, 0.1) is 0 Å². The lowest BCUT2D eigenvalue weighted by Crippen LogP contribution is -2.33. The van der Waals surface area contributed by atoms with Crippen molar-refractivity contribution in [1.29, 1.82) is 0 Å². The number of hydrogen-bond donors (Lipinski definition) is 2. The maximum atomic E-state index is 9.09. The Hall–Kier alpha value is -0.820. The molecule has 21 heavy (non-hydrogen) atoms. The number of nitrogens with zero attached hydrogens (tertiary/aromatic N) is 2. The largest absolute Gasteiger partial charge is 0.395 e.